The van der Waals surface area contributed by atoms with Gasteiger partial charge < -0.3 is 19.4 Å². The highest BCUT2D eigenvalue weighted by Crippen LogP contribution is 2.34. The van der Waals surface area contributed by atoms with Crippen molar-refractivity contribution in [3.05, 3.63) is 36.4 Å². The van der Waals surface area contributed by atoms with Gasteiger partial charge in [-0.3, -0.25) is 5.32 Å². The molecule has 0 radical (unpaired) electrons. The molecule has 7 nitrogen and oxygen atoms in total. The molecule has 116 valence electrons. The Hall–Kier alpha value is -2.70. The van der Waals surface area contributed by atoms with Gasteiger partial charge in [0.2, 0.25) is 0 Å². The molecular formula is C15H18N4O3. The number of methoxy groups -OCH3 is 1. The predicted octanol–water partition coefficient (Wildman–Crippen LogP) is 2.38. The fourth-order valence-corrected chi connectivity index (χ4v) is 2.43. The summed E-state index contributed by atoms with van der Waals surface area (Å²) < 4.78 is 10.4. The van der Waals surface area contributed by atoms with Gasteiger partial charge in [0.05, 0.1) is 38.0 Å². The minimum atomic E-state index is -0.492. The third kappa shape index (κ3) is 3.13. The van der Waals surface area contributed by atoms with Crippen LogP contribution < -0.4 is 15.0 Å². The fourth-order valence-electron chi connectivity index (χ4n) is 2.43. The van der Waals surface area contributed by atoms with Crippen LogP contribution in [0.3, 0.4) is 0 Å². The van der Waals surface area contributed by atoms with E-state index in [1.165, 1.54) is 7.11 Å². The van der Waals surface area contributed by atoms with Crippen molar-refractivity contribution < 1.29 is 14.3 Å². The highest BCUT2D eigenvalue weighted by atomic mass is 16.5. The molecule has 0 saturated carbocycles. The van der Waals surface area contributed by atoms with Crippen molar-refractivity contribution in [3.8, 4) is 5.75 Å². The van der Waals surface area contributed by atoms with Gasteiger partial charge >= 0.3 is 6.09 Å². The second-order valence-corrected chi connectivity index (χ2v) is 4.98. The van der Waals surface area contributed by atoms with Gasteiger partial charge in [0.1, 0.15) is 5.75 Å². The molecule has 2 aromatic rings. The molecule has 0 unspecified atom stereocenters. The monoisotopic (exact) mass is 302 g/mol. The normalized spacial score (nSPS) is 13.8. The molecule has 0 saturated heterocycles. The molecule has 0 spiro atoms. The quantitative estimate of drug-likeness (QED) is 0.910. The first kappa shape index (κ1) is 14.2. The minimum absolute atomic E-state index is 0.492. The van der Waals surface area contributed by atoms with Gasteiger partial charge in [-0.2, -0.15) is 0 Å². The molecule has 2 heterocycles. The smallest absolute Gasteiger partial charge is 0.411 e. The zero-order valence-electron chi connectivity index (χ0n) is 12.3. The number of nitrogens with zero attached hydrogens (tertiary/aromatic N) is 2. The molecular weight excluding hydrogens is 284 g/mol. The number of amides is 1. The maximum Gasteiger partial charge on any atom is 0.411 e. The molecule has 0 atom stereocenters. The van der Waals surface area contributed by atoms with Crippen LogP contribution in [0.15, 0.2) is 30.7 Å². The number of hydrogen-bond acceptors (Lipinski definition) is 5. The molecule has 7 heteroatoms. The topological polar surface area (TPSA) is 79.5 Å². The van der Waals surface area contributed by atoms with E-state index in [2.05, 4.69) is 24.9 Å². The van der Waals surface area contributed by atoms with Gasteiger partial charge in [0, 0.05) is 18.4 Å². The Kier molecular flexibility index (Phi) is 4.13. The molecule has 3 rings (SSSR count). The van der Waals surface area contributed by atoms with Gasteiger partial charge in [0.15, 0.2) is 0 Å². The molecule has 1 aliphatic rings. The standard InChI is InChI=1S/C15H18N4O3/c1-21-15(20)18-11-3-4-14-13(7-11)19(5-2-6-22-14)9-12-8-16-10-17-12/h3-4,7-8,10H,2,5-6,9H2,1H3,(H,16,17)(H,18,20). The molecule has 0 bridgehead atoms. The van der Waals surface area contributed by atoms with E-state index in [-0.39, 0.29) is 0 Å². The largest absolute Gasteiger partial charge is 0.491 e. The van der Waals surface area contributed by atoms with E-state index >= 15 is 0 Å². The number of carbonyl (C=O) groups excluding carboxylic acids is 1. The molecule has 2 N–H and O–H groups in total. The van der Waals surface area contributed by atoms with Crippen LogP contribution in [0.1, 0.15) is 12.1 Å². The number of imidazole rings is 1. The van der Waals surface area contributed by atoms with Gasteiger partial charge in [-0.25, -0.2) is 9.78 Å². The van der Waals surface area contributed by atoms with Gasteiger partial charge in [0.25, 0.3) is 0 Å². The second-order valence-electron chi connectivity index (χ2n) is 4.98. The summed E-state index contributed by atoms with van der Waals surface area (Å²) in [5, 5.41) is 2.68. The van der Waals surface area contributed by atoms with Crippen LogP contribution in [-0.2, 0) is 11.3 Å². The summed E-state index contributed by atoms with van der Waals surface area (Å²) in [4.78, 5) is 20.8. The van der Waals surface area contributed by atoms with E-state index in [9.17, 15) is 4.79 Å². The number of H-pyrrole nitrogens is 1. The van der Waals surface area contributed by atoms with Crippen LogP contribution >= 0.6 is 0 Å². The van der Waals surface area contributed by atoms with E-state index in [1.54, 1.807) is 12.4 Å². The van der Waals surface area contributed by atoms with E-state index in [4.69, 9.17) is 4.74 Å². The first-order valence-electron chi connectivity index (χ1n) is 7.10. The number of benzene rings is 1. The molecule has 22 heavy (non-hydrogen) atoms. The van der Waals surface area contributed by atoms with Crippen molar-refractivity contribution in [1.29, 1.82) is 0 Å². The van der Waals surface area contributed by atoms with Gasteiger partial charge in [-0.1, -0.05) is 0 Å². The van der Waals surface area contributed by atoms with Crippen molar-refractivity contribution in [1.82, 2.24) is 9.97 Å². The Morgan fingerprint density at radius 1 is 1.55 bits per heavy atom. The van der Waals surface area contributed by atoms with Crippen LogP contribution in [0.4, 0.5) is 16.2 Å². The maximum atomic E-state index is 11.4. The lowest BCUT2D eigenvalue weighted by Crippen LogP contribution is -2.23. The number of aromatic amines is 1. The number of carbonyl (C=O) groups is 1. The van der Waals surface area contributed by atoms with Crippen molar-refractivity contribution >= 4 is 17.5 Å². The summed E-state index contributed by atoms with van der Waals surface area (Å²) in [6, 6.07) is 5.56. The maximum absolute atomic E-state index is 11.4. The van der Waals surface area contributed by atoms with Crippen LogP contribution in [-0.4, -0.2) is 36.3 Å². The lowest BCUT2D eigenvalue weighted by Gasteiger charge is -2.23. The van der Waals surface area contributed by atoms with Gasteiger partial charge in [-0.15, -0.1) is 0 Å². The summed E-state index contributed by atoms with van der Waals surface area (Å²) in [7, 11) is 1.34. The van der Waals surface area contributed by atoms with Gasteiger partial charge in [-0.05, 0) is 24.6 Å². The van der Waals surface area contributed by atoms with Crippen LogP contribution in [0.5, 0.6) is 5.75 Å². The molecule has 1 aromatic carbocycles. The molecule has 0 aliphatic carbocycles. The summed E-state index contributed by atoms with van der Waals surface area (Å²) >= 11 is 0. The van der Waals surface area contributed by atoms with Crippen LogP contribution in [0, 0.1) is 0 Å². The number of anilines is 2. The number of aromatic nitrogens is 2. The number of hydrogen-bond donors (Lipinski definition) is 2. The Balaban J connectivity index is 1.87. The Morgan fingerprint density at radius 2 is 2.45 bits per heavy atom. The van der Waals surface area contributed by atoms with E-state index in [0.29, 0.717) is 18.8 Å². The van der Waals surface area contributed by atoms with E-state index in [0.717, 1.165) is 30.1 Å². The summed E-state index contributed by atoms with van der Waals surface area (Å²) in [5.41, 5.74) is 2.57. The average Bonchev–Trinajstić information content (AvgIpc) is 2.96. The summed E-state index contributed by atoms with van der Waals surface area (Å²) in [6.45, 7) is 2.22. The molecule has 1 aromatic heterocycles. The fraction of sp³-hybridized carbons (Fsp3) is 0.333. The minimum Gasteiger partial charge on any atom is -0.491 e. The van der Waals surface area contributed by atoms with Crippen LogP contribution in [0.2, 0.25) is 0 Å². The Bertz CT molecular complexity index is 642. The molecule has 0 fully saturated rings. The van der Waals surface area contributed by atoms with E-state index < -0.39 is 6.09 Å². The summed E-state index contributed by atoms with van der Waals surface area (Å²) in [5.74, 6) is 0.809. The highest BCUT2D eigenvalue weighted by Gasteiger charge is 2.18. The summed E-state index contributed by atoms with van der Waals surface area (Å²) in [6.07, 6.45) is 3.98. The lowest BCUT2D eigenvalue weighted by atomic mass is 10.2. The molecule has 1 aliphatic heterocycles. The zero-order chi connectivity index (χ0) is 15.4. The second kappa shape index (κ2) is 6.38. The third-order valence-electron chi connectivity index (χ3n) is 3.47. The first-order valence-corrected chi connectivity index (χ1v) is 7.10. The predicted molar refractivity (Wildman–Crippen MR) is 82.2 cm³/mol. The number of nitrogens with one attached hydrogen (secondary N) is 2. The van der Waals surface area contributed by atoms with Crippen molar-refractivity contribution in [3.63, 3.8) is 0 Å². The number of ether oxygens (including phenoxy) is 2. The van der Waals surface area contributed by atoms with E-state index in [1.807, 2.05) is 18.3 Å². The zero-order valence-corrected chi connectivity index (χ0v) is 12.3. The van der Waals surface area contributed by atoms with Crippen LogP contribution in [0.25, 0.3) is 0 Å². The van der Waals surface area contributed by atoms with Crippen molar-refractivity contribution in [2.24, 2.45) is 0 Å². The Morgan fingerprint density at radius 3 is 3.23 bits per heavy atom. The average molecular weight is 302 g/mol. The van der Waals surface area contributed by atoms with Crippen molar-refractivity contribution in [2.45, 2.75) is 13.0 Å². The highest BCUT2D eigenvalue weighted by molar-refractivity contribution is 5.86. The number of fused-ring (bicyclic) bond motifs is 1. The lowest BCUT2D eigenvalue weighted by molar-refractivity contribution is 0.187. The molecule has 1 amide bonds. The third-order valence-corrected chi connectivity index (χ3v) is 3.47. The van der Waals surface area contributed by atoms with Crippen molar-refractivity contribution in [2.75, 3.05) is 30.5 Å². The first-order chi connectivity index (χ1) is 10.8. The SMILES string of the molecule is COC(=O)Nc1ccc2c(c1)N(Cc1c[nH]cn1)CCCO2. The Labute approximate surface area is 128 Å². The number of rotatable bonds is 3.